The molecule has 1 aromatic heterocycles. The highest BCUT2D eigenvalue weighted by atomic mass is 32.2. The van der Waals surface area contributed by atoms with E-state index in [-0.39, 0.29) is 30.1 Å². The van der Waals surface area contributed by atoms with E-state index in [2.05, 4.69) is 27.7 Å². The number of pyridine rings is 1. The van der Waals surface area contributed by atoms with Gasteiger partial charge in [-0.25, -0.2) is 8.78 Å². The molecule has 0 atom stereocenters. The molecule has 0 saturated carbocycles. The summed E-state index contributed by atoms with van der Waals surface area (Å²) in [6.45, 7) is 8.19. The standard InChI is InChI=1S/C25H27F2NOS/c1-15(2)24-21(13-29)23(17-5-7-18(26)8-6-17)22(25(28-24)16(3)4)14-30-20-11-9-19(27)10-12-20/h5-12,15-16,29H,13-14H2,1-4H3. The van der Waals surface area contributed by atoms with Gasteiger partial charge < -0.3 is 5.11 Å². The number of hydrogen-bond donors (Lipinski definition) is 1. The van der Waals surface area contributed by atoms with Gasteiger partial charge in [0.15, 0.2) is 0 Å². The minimum Gasteiger partial charge on any atom is -0.392 e. The van der Waals surface area contributed by atoms with E-state index in [1.807, 2.05) is 0 Å². The number of halogens is 2. The number of thioether (sulfide) groups is 1. The van der Waals surface area contributed by atoms with Gasteiger partial charge in [-0.1, -0.05) is 39.8 Å². The van der Waals surface area contributed by atoms with Crippen LogP contribution < -0.4 is 0 Å². The van der Waals surface area contributed by atoms with Gasteiger partial charge in [-0.3, -0.25) is 4.98 Å². The topological polar surface area (TPSA) is 33.1 Å². The summed E-state index contributed by atoms with van der Waals surface area (Å²) in [6, 6.07) is 12.8. The van der Waals surface area contributed by atoms with Crippen LogP contribution in [0, 0.1) is 11.6 Å². The Morgan fingerprint density at radius 3 is 1.80 bits per heavy atom. The van der Waals surface area contributed by atoms with Crippen molar-refractivity contribution in [3.05, 3.63) is 82.7 Å². The molecule has 3 rings (SSSR count). The average Bonchev–Trinajstić information content (AvgIpc) is 2.72. The van der Waals surface area contributed by atoms with Crippen molar-refractivity contribution in [3.63, 3.8) is 0 Å². The summed E-state index contributed by atoms with van der Waals surface area (Å²) in [6.07, 6.45) is 0. The molecule has 30 heavy (non-hydrogen) atoms. The molecule has 0 saturated heterocycles. The quantitative estimate of drug-likeness (QED) is 0.410. The Morgan fingerprint density at radius 1 is 0.800 bits per heavy atom. The van der Waals surface area contributed by atoms with E-state index in [0.29, 0.717) is 5.75 Å². The summed E-state index contributed by atoms with van der Waals surface area (Å²) in [5.41, 5.74) is 5.45. The number of nitrogens with zero attached hydrogens (tertiary/aromatic N) is 1. The Morgan fingerprint density at radius 2 is 1.30 bits per heavy atom. The van der Waals surface area contributed by atoms with Crippen molar-refractivity contribution in [1.82, 2.24) is 4.98 Å². The molecule has 0 bridgehead atoms. The first-order chi connectivity index (χ1) is 14.3. The molecule has 0 aliphatic carbocycles. The van der Waals surface area contributed by atoms with Crippen LogP contribution in [-0.4, -0.2) is 10.1 Å². The molecular formula is C25H27F2NOS. The zero-order valence-corrected chi connectivity index (χ0v) is 18.6. The van der Waals surface area contributed by atoms with E-state index in [1.165, 1.54) is 24.3 Å². The molecule has 5 heteroatoms. The zero-order valence-electron chi connectivity index (χ0n) is 17.7. The molecule has 1 heterocycles. The molecule has 158 valence electrons. The van der Waals surface area contributed by atoms with E-state index < -0.39 is 0 Å². The Labute approximate surface area is 181 Å². The maximum absolute atomic E-state index is 13.6. The second kappa shape index (κ2) is 9.71. The van der Waals surface area contributed by atoms with Crippen molar-refractivity contribution in [1.29, 1.82) is 0 Å². The van der Waals surface area contributed by atoms with Gasteiger partial charge in [-0.05, 0) is 64.9 Å². The fourth-order valence-corrected chi connectivity index (χ4v) is 4.55. The summed E-state index contributed by atoms with van der Waals surface area (Å²) in [4.78, 5) is 5.92. The van der Waals surface area contributed by atoms with Crippen molar-refractivity contribution >= 4 is 11.8 Å². The molecular weight excluding hydrogens is 400 g/mol. The number of hydrogen-bond acceptors (Lipinski definition) is 3. The van der Waals surface area contributed by atoms with Gasteiger partial charge in [0, 0.05) is 27.6 Å². The monoisotopic (exact) mass is 427 g/mol. The number of aliphatic hydroxyl groups is 1. The van der Waals surface area contributed by atoms with Gasteiger partial charge in [0.05, 0.1) is 6.61 Å². The van der Waals surface area contributed by atoms with Crippen LogP contribution in [0.25, 0.3) is 11.1 Å². The fraction of sp³-hybridized carbons (Fsp3) is 0.320. The Kier molecular flexibility index (Phi) is 7.27. The van der Waals surface area contributed by atoms with Crippen LogP contribution in [0.2, 0.25) is 0 Å². The minimum atomic E-state index is -0.297. The van der Waals surface area contributed by atoms with Crippen LogP contribution in [0.4, 0.5) is 8.78 Å². The average molecular weight is 428 g/mol. The van der Waals surface area contributed by atoms with Crippen LogP contribution in [0.3, 0.4) is 0 Å². The normalized spacial score (nSPS) is 11.5. The van der Waals surface area contributed by atoms with E-state index in [9.17, 15) is 13.9 Å². The maximum Gasteiger partial charge on any atom is 0.123 e. The van der Waals surface area contributed by atoms with Gasteiger partial charge in [0.2, 0.25) is 0 Å². The SMILES string of the molecule is CC(C)c1nc(C(C)C)c(CSc2ccc(F)cc2)c(-c2ccc(F)cc2)c1CO. The lowest BCUT2D eigenvalue weighted by atomic mass is 9.88. The zero-order chi connectivity index (χ0) is 21.8. The molecule has 2 nitrogen and oxygen atoms in total. The van der Waals surface area contributed by atoms with Gasteiger partial charge in [0.1, 0.15) is 11.6 Å². The van der Waals surface area contributed by atoms with Crippen molar-refractivity contribution in [3.8, 4) is 11.1 Å². The van der Waals surface area contributed by atoms with Gasteiger partial charge in [0.25, 0.3) is 0 Å². The summed E-state index contributed by atoms with van der Waals surface area (Å²) in [5, 5.41) is 10.3. The van der Waals surface area contributed by atoms with Crippen molar-refractivity contribution < 1.29 is 13.9 Å². The van der Waals surface area contributed by atoms with E-state index >= 15 is 0 Å². The first-order valence-electron chi connectivity index (χ1n) is 10.1. The third-order valence-electron chi connectivity index (χ3n) is 5.04. The molecule has 1 N–H and O–H groups in total. The van der Waals surface area contributed by atoms with Crippen LogP contribution in [0.15, 0.2) is 53.4 Å². The maximum atomic E-state index is 13.6. The summed E-state index contributed by atoms with van der Waals surface area (Å²) >= 11 is 1.60. The summed E-state index contributed by atoms with van der Waals surface area (Å²) in [7, 11) is 0. The first-order valence-corrected chi connectivity index (χ1v) is 11.1. The molecule has 0 fully saturated rings. The lowest BCUT2D eigenvalue weighted by molar-refractivity contribution is 0.279. The first kappa shape index (κ1) is 22.4. The predicted molar refractivity (Wildman–Crippen MR) is 120 cm³/mol. The predicted octanol–water partition coefficient (Wildman–Crippen LogP) is 7.06. The number of aromatic nitrogens is 1. The van der Waals surface area contributed by atoms with E-state index in [4.69, 9.17) is 4.98 Å². The Balaban J connectivity index is 2.20. The third kappa shape index (κ3) is 4.90. The summed E-state index contributed by atoms with van der Waals surface area (Å²) < 4.78 is 26.9. The largest absolute Gasteiger partial charge is 0.392 e. The highest BCUT2D eigenvalue weighted by Crippen LogP contribution is 2.39. The molecule has 0 aliphatic rings. The van der Waals surface area contributed by atoms with Crippen molar-refractivity contribution in [2.75, 3.05) is 0 Å². The van der Waals surface area contributed by atoms with Gasteiger partial charge in [-0.15, -0.1) is 11.8 Å². The number of rotatable bonds is 7. The second-order valence-electron chi connectivity index (χ2n) is 7.93. The molecule has 0 radical (unpaired) electrons. The third-order valence-corrected chi connectivity index (χ3v) is 6.08. The highest BCUT2D eigenvalue weighted by Gasteiger charge is 2.23. The van der Waals surface area contributed by atoms with Crippen LogP contribution in [-0.2, 0) is 12.4 Å². The Bertz CT molecular complexity index is 999. The molecule has 0 amide bonds. The minimum absolute atomic E-state index is 0.139. The smallest absolute Gasteiger partial charge is 0.123 e. The molecule has 3 aromatic rings. The second-order valence-corrected chi connectivity index (χ2v) is 8.98. The van der Waals surface area contributed by atoms with E-state index in [0.717, 1.165) is 38.5 Å². The van der Waals surface area contributed by atoms with Crippen molar-refractivity contribution in [2.24, 2.45) is 0 Å². The lowest BCUT2D eigenvalue weighted by Crippen LogP contribution is -2.12. The fourth-order valence-electron chi connectivity index (χ4n) is 3.62. The van der Waals surface area contributed by atoms with Crippen molar-refractivity contribution in [2.45, 2.75) is 56.8 Å². The van der Waals surface area contributed by atoms with Crippen LogP contribution in [0.5, 0.6) is 0 Å². The molecule has 2 aromatic carbocycles. The van der Waals surface area contributed by atoms with Crippen LogP contribution >= 0.6 is 11.8 Å². The molecule has 0 unspecified atom stereocenters. The number of aliphatic hydroxyl groups excluding tert-OH is 1. The van der Waals surface area contributed by atoms with E-state index in [1.54, 1.807) is 36.0 Å². The Hall–Kier alpha value is -2.24. The van der Waals surface area contributed by atoms with Crippen LogP contribution in [0.1, 0.15) is 62.0 Å². The molecule has 0 aliphatic heterocycles. The highest BCUT2D eigenvalue weighted by molar-refractivity contribution is 7.98. The molecule has 0 spiro atoms. The lowest BCUT2D eigenvalue weighted by Gasteiger charge is -2.24. The number of benzene rings is 2. The van der Waals surface area contributed by atoms with Gasteiger partial charge in [-0.2, -0.15) is 0 Å². The summed E-state index contributed by atoms with van der Waals surface area (Å²) in [5.74, 6) is 0.374. The van der Waals surface area contributed by atoms with Gasteiger partial charge >= 0.3 is 0 Å².